The minimum absolute atomic E-state index is 0.137. The molecule has 1 N–H and O–H groups in total. The summed E-state index contributed by atoms with van der Waals surface area (Å²) < 4.78 is 13.4. The van der Waals surface area contributed by atoms with Crippen LogP contribution in [0.15, 0.2) is 60.8 Å². The molecule has 0 unspecified atom stereocenters. The van der Waals surface area contributed by atoms with Gasteiger partial charge >= 0.3 is 6.03 Å². The molecule has 3 aromatic rings. The largest absolute Gasteiger partial charge is 0.368 e. The van der Waals surface area contributed by atoms with Gasteiger partial charge in [0.25, 0.3) is 0 Å². The summed E-state index contributed by atoms with van der Waals surface area (Å²) in [5, 5.41) is 3.95. The predicted molar refractivity (Wildman–Crippen MR) is 101 cm³/mol. The number of hydrogen-bond donors (Lipinski definition) is 1. The van der Waals surface area contributed by atoms with Gasteiger partial charge in [-0.25, -0.2) is 9.18 Å². The van der Waals surface area contributed by atoms with E-state index in [9.17, 15) is 9.18 Å². The molecule has 0 bridgehead atoms. The Balaban J connectivity index is 1.42. The number of piperazine rings is 1. The van der Waals surface area contributed by atoms with Crippen LogP contribution in [-0.4, -0.2) is 42.1 Å². The highest BCUT2D eigenvalue weighted by Gasteiger charge is 2.22. The van der Waals surface area contributed by atoms with Crippen LogP contribution in [0.25, 0.3) is 10.9 Å². The Hall–Kier alpha value is -3.15. The Morgan fingerprint density at radius 1 is 1.00 bits per heavy atom. The van der Waals surface area contributed by atoms with Gasteiger partial charge in [0.15, 0.2) is 0 Å². The molecule has 0 spiro atoms. The van der Waals surface area contributed by atoms with Gasteiger partial charge in [0.05, 0.1) is 11.2 Å². The topological polar surface area (TPSA) is 48.5 Å². The van der Waals surface area contributed by atoms with E-state index in [2.05, 4.69) is 15.2 Å². The van der Waals surface area contributed by atoms with Gasteiger partial charge in [0.1, 0.15) is 5.82 Å². The number of fused-ring (bicyclic) bond motifs is 1. The Morgan fingerprint density at radius 2 is 1.77 bits per heavy atom. The number of anilines is 2. The van der Waals surface area contributed by atoms with E-state index in [1.807, 2.05) is 36.4 Å². The third-order valence-electron chi connectivity index (χ3n) is 4.61. The zero-order valence-electron chi connectivity index (χ0n) is 14.2. The van der Waals surface area contributed by atoms with Crippen LogP contribution in [0.5, 0.6) is 0 Å². The van der Waals surface area contributed by atoms with Crippen LogP contribution in [0.1, 0.15) is 0 Å². The van der Waals surface area contributed by atoms with E-state index in [1.54, 1.807) is 17.2 Å². The molecule has 2 amide bonds. The first kappa shape index (κ1) is 16.3. The monoisotopic (exact) mass is 350 g/mol. The molecule has 5 nitrogen and oxygen atoms in total. The lowest BCUT2D eigenvalue weighted by Gasteiger charge is -2.36. The Bertz CT molecular complexity index is 933. The normalized spacial score (nSPS) is 14.5. The van der Waals surface area contributed by atoms with Gasteiger partial charge in [-0.3, -0.25) is 4.98 Å². The number of nitrogens with one attached hydrogen (secondary N) is 1. The average Bonchev–Trinajstić information content (AvgIpc) is 2.68. The number of urea groups is 1. The number of halogens is 1. The second-order valence-electron chi connectivity index (χ2n) is 6.26. The summed E-state index contributed by atoms with van der Waals surface area (Å²) in [5.41, 5.74) is 2.34. The number of rotatable bonds is 2. The van der Waals surface area contributed by atoms with Crippen molar-refractivity contribution in [2.45, 2.75) is 0 Å². The van der Waals surface area contributed by atoms with E-state index in [1.165, 1.54) is 12.1 Å². The van der Waals surface area contributed by atoms with Gasteiger partial charge in [-0.15, -0.1) is 0 Å². The fraction of sp³-hybridized carbons (Fsp3) is 0.200. The molecule has 6 heteroatoms. The standard InChI is InChI=1S/C20H19FN4O/c21-16-6-2-7-17(14-16)24-10-12-25(13-11-24)20(26)23-18-8-1-4-15-5-3-9-22-19(15)18/h1-9,14H,10-13H2,(H,23,26). The first-order valence-corrected chi connectivity index (χ1v) is 8.61. The smallest absolute Gasteiger partial charge is 0.322 e. The molecule has 0 aliphatic carbocycles. The highest BCUT2D eigenvalue weighted by Crippen LogP contribution is 2.22. The Labute approximate surface area is 151 Å². The number of benzene rings is 2. The van der Waals surface area contributed by atoms with E-state index in [-0.39, 0.29) is 11.8 Å². The maximum absolute atomic E-state index is 13.4. The van der Waals surface area contributed by atoms with E-state index in [0.717, 1.165) is 16.6 Å². The summed E-state index contributed by atoms with van der Waals surface area (Å²) in [6.07, 6.45) is 1.72. The van der Waals surface area contributed by atoms with Gasteiger partial charge < -0.3 is 15.1 Å². The number of aromatic nitrogens is 1. The van der Waals surface area contributed by atoms with Crippen molar-refractivity contribution in [1.82, 2.24) is 9.88 Å². The van der Waals surface area contributed by atoms with Crippen molar-refractivity contribution in [3.8, 4) is 0 Å². The van der Waals surface area contributed by atoms with E-state index >= 15 is 0 Å². The minimum Gasteiger partial charge on any atom is -0.368 e. The molecule has 1 saturated heterocycles. The molecule has 0 atom stereocenters. The van der Waals surface area contributed by atoms with Crippen molar-refractivity contribution in [3.05, 3.63) is 66.6 Å². The van der Waals surface area contributed by atoms with Gasteiger partial charge in [-0.05, 0) is 30.3 Å². The van der Waals surface area contributed by atoms with Gasteiger partial charge in [-0.2, -0.15) is 0 Å². The second kappa shape index (κ2) is 7.00. The Morgan fingerprint density at radius 3 is 2.58 bits per heavy atom. The fourth-order valence-electron chi connectivity index (χ4n) is 3.24. The van der Waals surface area contributed by atoms with Crippen LogP contribution >= 0.6 is 0 Å². The molecule has 0 saturated carbocycles. The van der Waals surface area contributed by atoms with Crippen LogP contribution in [0.4, 0.5) is 20.6 Å². The van der Waals surface area contributed by atoms with Crippen LogP contribution in [0.2, 0.25) is 0 Å². The predicted octanol–water partition coefficient (Wildman–Crippen LogP) is 3.73. The molecule has 1 aliphatic heterocycles. The van der Waals surface area contributed by atoms with Crippen molar-refractivity contribution in [3.63, 3.8) is 0 Å². The lowest BCUT2D eigenvalue weighted by Crippen LogP contribution is -2.50. The zero-order chi connectivity index (χ0) is 17.9. The lowest BCUT2D eigenvalue weighted by molar-refractivity contribution is 0.208. The number of amides is 2. The van der Waals surface area contributed by atoms with Gasteiger partial charge in [0, 0.05) is 43.4 Å². The Kier molecular flexibility index (Phi) is 4.39. The van der Waals surface area contributed by atoms with Crippen LogP contribution in [0.3, 0.4) is 0 Å². The highest BCUT2D eigenvalue weighted by molar-refractivity contribution is 5.99. The molecule has 4 rings (SSSR count). The maximum atomic E-state index is 13.4. The van der Waals surface area contributed by atoms with Crippen molar-refractivity contribution < 1.29 is 9.18 Å². The van der Waals surface area contributed by atoms with Crippen LogP contribution in [0, 0.1) is 5.82 Å². The van der Waals surface area contributed by atoms with E-state index in [4.69, 9.17) is 0 Å². The molecule has 132 valence electrons. The number of pyridine rings is 1. The fourth-order valence-corrected chi connectivity index (χ4v) is 3.24. The number of carbonyl (C=O) groups is 1. The van der Waals surface area contributed by atoms with Crippen molar-refractivity contribution in [2.75, 3.05) is 36.4 Å². The molecule has 1 aliphatic rings. The van der Waals surface area contributed by atoms with Crippen molar-refractivity contribution in [2.24, 2.45) is 0 Å². The SMILES string of the molecule is O=C(Nc1cccc2cccnc12)N1CCN(c2cccc(F)c2)CC1. The number of hydrogen-bond acceptors (Lipinski definition) is 3. The first-order chi connectivity index (χ1) is 12.7. The maximum Gasteiger partial charge on any atom is 0.322 e. The molecule has 2 aromatic carbocycles. The number of nitrogens with zero attached hydrogens (tertiary/aromatic N) is 3. The number of carbonyl (C=O) groups excluding carboxylic acids is 1. The third-order valence-corrected chi connectivity index (χ3v) is 4.61. The quantitative estimate of drug-likeness (QED) is 0.766. The summed E-state index contributed by atoms with van der Waals surface area (Å²) in [6.45, 7) is 2.51. The summed E-state index contributed by atoms with van der Waals surface area (Å²) in [5.74, 6) is -0.244. The zero-order valence-corrected chi connectivity index (χ0v) is 14.2. The van der Waals surface area contributed by atoms with Crippen molar-refractivity contribution >= 4 is 28.3 Å². The van der Waals surface area contributed by atoms with Crippen molar-refractivity contribution in [1.29, 1.82) is 0 Å². The first-order valence-electron chi connectivity index (χ1n) is 8.61. The molecule has 0 radical (unpaired) electrons. The number of para-hydroxylation sites is 1. The molecule has 26 heavy (non-hydrogen) atoms. The van der Waals surface area contributed by atoms with E-state index < -0.39 is 0 Å². The minimum atomic E-state index is -0.244. The molecular weight excluding hydrogens is 331 g/mol. The third kappa shape index (κ3) is 3.31. The molecular formula is C20H19FN4O. The van der Waals surface area contributed by atoms with Crippen LogP contribution in [-0.2, 0) is 0 Å². The molecule has 1 aromatic heterocycles. The lowest BCUT2D eigenvalue weighted by atomic mass is 10.2. The average molecular weight is 350 g/mol. The van der Waals surface area contributed by atoms with Gasteiger partial charge in [-0.1, -0.05) is 24.3 Å². The summed E-state index contributed by atoms with van der Waals surface area (Å²) >= 11 is 0. The van der Waals surface area contributed by atoms with Gasteiger partial charge in [0.2, 0.25) is 0 Å². The highest BCUT2D eigenvalue weighted by atomic mass is 19.1. The second-order valence-corrected chi connectivity index (χ2v) is 6.26. The summed E-state index contributed by atoms with van der Waals surface area (Å²) in [7, 11) is 0. The summed E-state index contributed by atoms with van der Waals surface area (Å²) in [4.78, 5) is 20.8. The van der Waals surface area contributed by atoms with Crippen LogP contribution < -0.4 is 10.2 Å². The van der Waals surface area contributed by atoms with E-state index in [0.29, 0.717) is 31.9 Å². The summed E-state index contributed by atoms with van der Waals surface area (Å²) in [6, 6.07) is 16.0. The molecule has 2 heterocycles. The molecule has 1 fully saturated rings.